The smallest absolute Gasteiger partial charge is 0.0831 e. The number of rotatable bonds is 2. The average molecular weight is 358 g/mol. The van der Waals surface area contributed by atoms with Crippen molar-refractivity contribution in [1.82, 2.24) is 15.2 Å². The molecule has 4 rings (SSSR count). The number of ether oxygens (including phenoxy) is 1. The van der Waals surface area contributed by atoms with Gasteiger partial charge in [-0.1, -0.05) is 12.1 Å². The Bertz CT molecular complexity index is 615. The van der Waals surface area contributed by atoms with Gasteiger partial charge < -0.3 is 15.0 Å². The van der Waals surface area contributed by atoms with E-state index in [1.807, 2.05) is 6.20 Å². The van der Waals surface area contributed by atoms with Gasteiger partial charge in [0.25, 0.3) is 0 Å². The highest BCUT2D eigenvalue weighted by molar-refractivity contribution is 5.85. The molecular weight excluding hydrogens is 333 g/mol. The maximum atomic E-state index is 6.07. The fourth-order valence-corrected chi connectivity index (χ4v) is 3.68. The van der Waals surface area contributed by atoms with Crippen molar-refractivity contribution in [2.24, 2.45) is 0 Å². The first-order valence-electron chi connectivity index (χ1n) is 7.97. The van der Waals surface area contributed by atoms with Crippen LogP contribution in [0.15, 0.2) is 30.5 Å². The molecule has 2 aliphatic heterocycles. The largest absolute Gasteiger partial charge is 0.372 e. The zero-order valence-corrected chi connectivity index (χ0v) is 14.8. The van der Waals surface area contributed by atoms with Gasteiger partial charge in [-0.15, -0.1) is 24.8 Å². The number of nitrogens with zero attached hydrogens (tertiary/aromatic N) is 1. The normalized spacial score (nSPS) is 20.9. The Morgan fingerprint density at radius 3 is 2.70 bits per heavy atom. The summed E-state index contributed by atoms with van der Waals surface area (Å²) < 4.78 is 6.07. The SMILES string of the molecule is Cl.Cl.c1cc(CN2CCC3(CC2)CNCCO3)c2cc[nH]c2c1. The summed E-state index contributed by atoms with van der Waals surface area (Å²) in [6, 6.07) is 8.73. The lowest BCUT2D eigenvalue weighted by Crippen LogP contribution is -2.55. The summed E-state index contributed by atoms with van der Waals surface area (Å²) in [5, 5.41) is 4.84. The third-order valence-electron chi connectivity index (χ3n) is 4.98. The molecule has 0 radical (unpaired) electrons. The van der Waals surface area contributed by atoms with E-state index in [0.29, 0.717) is 0 Å². The molecule has 2 fully saturated rings. The Morgan fingerprint density at radius 1 is 1.13 bits per heavy atom. The van der Waals surface area contributed by atoms with Crippen molar-refractivity contribution in [2.45, 2.75) is 25.0 Å². The predicted octanol–water partition coefficient (Wildman–Crippen LogP) is 2.97. The molecule has 4 nitrogen and oxygen atoms in total. The molecule has 128 valence electrons. The van der Waals surface area contributed by atoms with Crippen molar-refractivity contribution in [3.63, 3.8) is 0 Å². The number of hydrogen-bond donors (Lipinski definition) is 2. The van der Waals surface area contributed by atoms with Gasteiger partial charge in [-0.25, -0.2) is 0 Å². The molecular formula is C17H25Cl2N3O. The van der Waals surface area contributed by atoms with Crippen molar-refractivity contribution >= 4 is 35.7 Å². The lowest BCUT2D eigenvalue weighted by molar-refractivity contribution is -0.100. The first-order valence-corrected chi connectivity index (χ1v) is 7.97. The number of fused-ring (bicyclic) bond motifs is 1. The van der Waals surface area contributed by atoms with Crippen LogP contribution in [-0.2, 0) is 11.3 Å². The lowest BCUT2D eigenvalue weighted by atomic mass is 9.90. The highest BCUT2D eigenvalue weighted by Crippen LogP contribution is 2.29. The molecule has 2 aromatic rings. The van der Waals surface area contributed by atoms with E-state index in [9.17, 15) is 0 Å². The average Bonchev–Trinajstić information content (AvgIpc) is 3.00. The predicted molar refractivity (Wildman–Crippen MR) is 98.9 cm³/mol. The minimum atomic E-state index is 0. The zero-order valence-electron chi connectivity index (χ0n) is 13.2. The van der Waals surface area contributed by atoms with Crippen LogP contribution in [0, 0.1) is 0 Å². The molecule has 0 unspecified atom stereocenters. The number of likely N-dealkylation sites (tertiary alicyclic amines) is 1. The quantitative estimate of drug-likeness (QED) is 0.867. The van der Waals surface area contributed by atoms with E-state index in [4.69, 9.17) is 4.74 Å². The van der Waals surface area contributed by atoms with Crippen molar-refractivity contribution in [2.75, 3.05) is 32.8 Å². The molecule has 0 saturated carbocycles. The van der Waals surface area contributed by atoms with Crippen LogP contribution in [-0.4, -0.2) is 48.3 Å². The second-order valence-corrected chi connectivity index (χ2v) is 6.34. The Kier molecular flexibility index (Phi) is 6.34. The zero-order chi connectivity index (χ0) is 14.1. The first-order chi connectivity index (χ1) is 10.3. The summed E-state index contributed by atoms with van der Waals surface area (Å²) in [4.78, 5) is 5.86. The van der Waals surface area contributed by atoms with E-state index >= 15 is 0 Å². The lowest BCUT2D eigenvalue weighted by Gasteiger charge is -2.44. The van der Waals surface area contributed by atoms with Crippen LogP contribution in [0.4, 0.5) is 0 Å². The Morgan fingerprint density at radius 2 is 1.96 bits per heavy atom. The number of aromatic amines is 1. The molecule has 0 atom stereocenters. The van der Waals surface area contributed by atoms with Crippen molar-refractivity contribution in [1.29, 1.82) is 0 Å². The van der Waals surface area contributed by atoms with Gasteiger partial charge in [-0.2, -0.15) is 0 Å². The molecule has 1 spiro atoms. The number of halogens is 2. The number of piperidine rings is 1. The standard InChI is InChI=1S/C17H23N3O.2ClH/c1-2-14(15-4-7-19-16(15)3-1)12-20-9-5-17(6-10-20)13-18-8-11-21-17;;/h1-4,7,18-19H,5-6,8-13H2;2*1H. The topological polar surface area (TPSA) is 40.3 Å². The van der Waals surface area contributed by atoms with Gasteiger partial charge >= 0.3 is 0 Å². The number of nitrogens with one attached hydrogen (secondary N) is 2. The van der Waals surface area contributed by atoms with Gasteiger partial charge in [0.1, 0.15) is 0 Å². The van der Waals surface area contributed by atoms with Crippen molar-refractivity contribution in [3.8, 4) is 0 Å². The van der Waals surface area contributed by atoms with Gasteiger partial charge in [-0.05, 0) is 30.5 Å². The molecule has 6 heteroatoms. The molecule has 2 aliphatic rings. The Labute approximate surface area is 149 Å². The van der Waals surface area contributed by atoms with Gasteiger partial charge in [0.2, 0.25) is 0 Å². The second-order valence-electron chi connectivity index (χ2n) is 6.34. The third-order valence-corrected chi connectivity index (χ3v) is 4.98. The van der Waals surface area contributed by atoms with Crippen LogP contribution in [0.25, 0.3) is 10.9 Å². The van der Waals surface area contributed by atoms with Gasteiger partial charge in [0.05, 0.1) is 12.2 Å². The Balaban J connectivity index is 0.000000960. The van der Waals surface area contributed by atoms with Crippen LogP contribution in [0.2, 0.25) is 0 Å². The monoisotopic (exact) mass is 357 g/mol. The molecule has 0 aliphatic carbocycles. The third kappa shape index (κ3) is 3.83. The van der Waals surface area contributed by atoms with Crippen LogP contribution >= 0.6 is 24.8 Å². The van der Waals surface area contributed by atoms with E-state index in [-0.39, 0.29) is 30.4 Å². The molecule has 1 aromatic carbocycles. The van der Waals surface area contributed by atoms with Crippen LogP contribution in [0.1, 0.15) is 18.4 Å². The highest BCUT2D eigenvalue weighted by atomic mass is 35.5. The van der Waals surface area contributed by atoms with Gasteiger partial charge in [-0.3, -0.25) is 4.90 Å². The van der Waals surface area contributed by atoms with E-state index < -0.39 is 0 Å². The fourth-order valence-electron chi connectivity index (χ4n) is 3.68. The summed E-state index contributed by atoms with van der Waals surface area (Å²) >= 11 is 0. The van der Waals surface area contributed by atoms with E-state index in [2.05, 4.69) is 39.5 Å². The number of morpholine rings is 1. The molecule has 2 N–H and O–H groups in total. The van der Waals surface area contributed by atoms with Gasteiger partial charge in [0, 0.05) is 49.8 Å². The summed E-state index contributed by atoms with van der Waals surface area (Å²) in [6.07, 6.45) is 4.31. The molecule has 0 amide bonds. The Hall–Kier alpha value is -0.780. The molecule has 23 heavy (non-hydrogen) atoms. The molecule has 0 bridgehead atoms. The number of aromatic nitrogens is 1. The maximum absolute atomic E-state index is 6.07. The number of benzene rings is 1. The molecule has 3 heterocycles. The van der Waals surface area contributed by atoms with E-state index in [1.54, 1.807) is 0 Å². The minimum Gasteiger partial charge on any atom is -0.372 e. The van der Waals surface area contributed by atoms with Crippen molar-refractivity contribution in [3.05, 3.63) is 36.0 Å². The highest BCUT2D eigenvalue weighted by Gasteiger charge is 2.36. The minimum absolute atomic E-state index is 0. The second kappa shape index (κ2) is 7.86. The number of H-pyrrole nitrogens is 1. The van der Waals surface area contributed by atoms with Crippen LogP contribution in [0.5, 0.6) is 0 Å². The summed E-state index contributed by atoms with van der Waals surface area (Å²) in [6.45, 7) is 6.18. The number of hydrogen-bond acceptors (Lipinski definition) is 3. The van der Waals surface area contributed by atoms with Crippen LogP contribution in [0.3, 0.4) is 0 Å². The fraction of sp³-hybridized carbons (Fsp3) is 0.529. The van der Waals surface area contributed by atoms with Crippen molar-refractivity contribution < 1.29 is 4.74 Å². The van der Waals surface area contributed by atoms with E-state index in [1.165, 1.54) is 16.5 Å². The van der Waals surface area contributed by atoms with Gasteiger partial charge in [0.15, 0.2) is 0 Å². The summed E-state index contributed by atoms with van der Waals surface area (Å²) in [5.74, 6) is 0. The summed E-state index contributed by atoms with van der Waals surface area (Å²) in [7, 11) is 0. The first kappa shape index (κ1) is 18.6. The molecule has 2 saturated heterocycles. The van der Waals surface area contributed by atoms with Crippen LogP contribution < -0.4 is 5.32 Å². The summed E-state index contributed by atoms with van der Waals surface area (Å²) in [5.41, 5.74) is 2.77. The molecule has 1 aromatic heterocycles. The maximum Gasteiger partial charge on any atom is 0.0831 e. The van der Waals surface area contributed by atoms with E-state index in [0.717, 1.165) is 52.2 Å².